The molecule has 5 aromatic carbocycles. The fourth-order valence-electron chi connectivity index (χ4n) is 13.3. The van der Waals surface area contributed by atoms with Gasteiger partial charge in [0.1, 0.15) is 24.1 Å². The molecule has 0 radical (unpaired) electrons. The fourth-order valence-corrected chi connectivity index (χ4v) is 13.3. The molecule has 1 unspecified atom stereocenters. The summed E-state index contributed by atoms with van der Waals surface area (Å²) in [6, 6.07) is 40.3. The molecule has 6 fully saturated rings. The molecule has 11 rings (SSSR count). The summed E-state index contributed by atoms with van der Waals surface area (Å²) < 4.78 is 6.15. The van der Waals surface area contributed by atoms with Crippen LogP contribution in [0.3, 0.4) is 0 Å². The third-order valence-electron chi connectivity index (χ3n) is 19.0. The van der Waals surface area contributed by atoms with E-state index >= 15 is 4.79 Å². The molecule has 0 bridgehead atoms. The zero-order valence-electron chi connectivity index (χ0n) is 51.6. The Morgan fingerprint density at radius 2 is 0.957 bits per heavy atom. The van der Waals surface area contributed by atoms with Gasteiger partial charge in [-0.15, -0.1) is 0 Å². The van der Waals surface area contributed by atoms with Crippen molar-refractivity contribution in [3.8, 4) is 5.75 Å². The molecule has 4 aliphatic carbocycles. The highest BCUT2D eigenvalue weighted by Gasteiger charge is 2.51. The largest absolute Gasteiger partial charge is 0.483 e. The molecule has 0 aromatic heterocycles. The Labute approximate surface area is 539 Å². The molecule has 6 aliphatic rings. The molecule has 490 valence electrons. The van der Waals surface area contributed by atoms with E-state index in [0.29, 0.717) is 32.2 Å². The number of likely N-dealkylation sites (tertiary alicyclic amines) is 2. The minimum atomic E-state index is -1.49. The van der Waals surface area contributed by atoms with Crippen molar-refractivity contribution < 1.29 is 63.2 Å². The predicted molar refractivity (Wildman–Crippen MR) is 340 cm³/mol. The Morgan fingerprint density at radius 3 is 1.37 bits per heavy atom. The number of carbonyl (C=O) groups excluding carboxylic acids is 8. The second-order valence-electron chi connectivity index (χ2n) is 25.6. The zero-order valence-corrected chi connectivity index (χ0v) is 51.6. The Morgan fingerprint density at radius 1 is 0.527 bits per heavy atom. The van der Waals surface area contributed by atoms with Crippen molar-refractivity contribution in [2.24, 2.45) is 29.4 Å². The number of rotatable bonds is 30. The lowest BCUT2D eigenvalue weighted by molar-refractivity contribution is -0.142. The van der Waals surface area contributed by atoms with Crippen LogP contribution in [0.4, 0.5) is 0 Å². The Balaban J connectivity index is 0.820. The van der Waals surface area contributed by atoms with Crippen LogP contribution in [-0.2, 0) is 38.4 Å². The van der Waals surface area contributed by atoms with Crippen molar-refractivity contribution >= 4 is 53.2 Å². The highest BCUT2D eigenvalue weighted by Crippen LogP contribution is 2.45. The molecular weight excluding hydrogens is 1190 g/mol. The third-order valence-corrected chi connectivity index (χ3v) is 19.0. The number of unbranched alkanes of at least 4 members (excludes halogenated alkanes) is 1. The van der Waals surface area contributed by atoms with Crippen molar-refractivity contribution in [1.29, 1.82) is 0 Å². The van der Waals surface area contributed by atoms with Crippen LogP contribution >= 0.6 is 0 Å². The number of hydrogen-bond donors (Lipinski definition) is 11. The number of hydrogen-bond acceptors (Lipinski definition) is 14. The Hall–Kier alpha value is -9.03. The van der Waals surface area contributed by atoms with Crippen molar-refractivity contribution in [2.45, 2.75) is 118 Å². The van der Waals surface area contributed by atoms with E-state index in [1.54, 1.807) is 4.90 Å². The van der Waals surface area contributed by atoms with E-state index in [-0.39, 0.29) is 127 Å². The number of carboxylic acid groups (broad SMARTS) is 1. The molecule has 2 heterocycles. The summed E-state index contributed by atoms with van der Waals surface area (Å²) in [5.41, 5.74) is 9.96. The van der Waals surface area contributed by atoms with E-state index < -0.39 is 91.3 Å². The number of nitrogens with zero attached hydrogens (tertiary/aromatic N) is 2. The molecule has 23 nitrogen and oxygen atoms in total. The average Bonchev–Trinajstić information content (AvgIpc) is 1.79. The normalized spacial score (nSPS) is 25.8. The van der Waals surface area contributed by atoms with Gasteiger partial charge in [-0.25, -0.2) is 4.79 Å². The highest BCUT2D eigenvalue weighted by molar-refractivity contribution is 5.99. The quantitative estimate of drug-likeness (QED) is 0.0295. The number of amides is 8. The molecule has 12 N–H and O–H groups in total. The van der Waals surface area contributed by atoms with Gasteiger partial charge in [-0.3, -0.25) is 43.3 Å². The van der Waals surface area contributed by atoms with Crippen molar-refractivity contribution in [3.05, 3.63) is 173 Å². The van der Waals surface area contributed by atoms with Crippen LogP contribution in [0.15, 0.2) is 140 Å². The summed E-state index contributed by atoms with van der Waals surface area (Å²) in [6.07, 6.45) is 2.12. The SMILES string of the molecule is NCCCC[C@H](NC(=O)[C@H](CCO)NC(=O)CNC(=O)COc1cc(C(O)N2C[C@@H](C(=O)N[C@H]3C[C@@H]3c3ccccc3)[C@H](C(=O)N[C@H]3C[C@@H]3c3ccccc3)C2)ccc1C(=O)N1C[C@@H](C(=O)N[C@H]2C[C@@H]2c2ccccc2)[C@H](C(=O)N[C@H]2C[C@@H]2c2ccccc2)C1)C(=O)O. The molecule has 2 aliphatic heterocycles. The molecule has 4 saturated carbocycles. The summed E-state index contributed by atoms with van der Waals surface area (Å²) in [5.74, 6) is -9.40. The minimum absolute atomic E-state index is 0.0295. The smallest absolute Gasteiger partial charge is 0.326 e. The van der Waals surface area contributed by atoms with Crippen LogP contribution in [0.5, 0.6) is 5.75 Å². The van der Waals surface area contributed by atoms with Crippen LogP contribution in [-0.4, -0.2) is 167 Å². The maximum Gasteiger partial charge on any atom is 0.326 e. The van der Waals surface area contributed by atoms with Crippen LogP contribution in [0, 0.1) is 23.7 Å². The molecule has 5 aromatic rings. The third kappa shape index (κ3) is 16.4. The van der Waals surface area contributed by atoms with Gasteiger partial charge in [0.05, 0.1) is 35.8 Å². The van der Waals surface area contributed by atoms with Crippen LogP contribution in [0.2, 0.25) is 0 Å². The Kier molecular flexibility index (Phi) is 20.9. The standard InChI is InChI=1S/C70H82N10O13/c71-27-14-13-23-55(70(91)92)74-67(88)54(26-28-81)73-61(82)34-72-62(83)39-93-60-29-44(68(89)79-35-50(63(84)75-56-30-46(56)40-15-5-1-6-16-40)51(36-79)64(85)76-57-31-47(57)41-17-7-2-8-18-41)24-25-45(60)69(90)80-37-52(65(86)77-58-32-48(58)42-19-9-3-10-20-42)53(38-80)66(87)78-59-33-49(59)43-21-11-4-12-22-43/h1-12,15-22,24-25,29,46-59,68,81,89H,13-14,23,26-28,30-39,71H2,(H,72,83)(H,73,82)(H,74,88)(H,75,84)(H,76,85)(H,77,86)(H,78,87)(H,91,92)/t46-,47-,48-,49-,50-,51-,52-,53-,54+,55+,56+,57+,58+,59+,68?/m1/s1. The van der Waals surface area contributed by atoms with E-state index in [9.17, 15) is 53.7 Å². The van der Waals surface area contributed by atoms with E-state index in [1.165, 1.54) is 23.1 Å². The van der Waals surface area contributed by atoms with Gasteiger partial charge in [0.15, 0.2) is 6.61 Å². The van der Waals surface area contributed by atoms with E-state index in [1.807, 2.05) is 121 Å². The molecule has 15 atom stereocenters. The maximum absolute atomic E-state index is 15.2. The van der Waals surface area contributed by atoms with Gasteiger partial charge in [0, 0.05) is 80.6 Å². The van der Waals surface area contributed by atoms with Crippen LogP contribution in [0.1, 0.15) is 119 Å². The molecule has 93 heavy (non-hydrogen) atoms. The summed E-state index contributed by atoms with van der Waals surface area (Å²) >= 11 is 0. The number of nitrogens with one attached hydrogen (secondary N) is 7. The first-order valence-electron chi connectivity index (χ1n) is 32.3. The number of benzene rings is 5. The van der Waals surface area contributed by atoms with Crippen LogP contribution in [0.25, 0.3) is 0 Å². The highest BCUT2D eigenvalue weighted by atomic mass is 16.5. The monoisotopic (exact) mass is 1270 g/mol. The molecule has 23 heteroatoms. The first-order valence-corrected chi connectivity index (χ1v) is 32.3. The average molecular weight is 1270 g/mol. The topological polar surface area (TPSA) is 340 Å². The van der Waals surface area contributed by atoms with Gasteiger partial charge in [-0.05, 0) is 97.9 Å². The number of carboxylic acids is 1. The summed E-state index contributed by atoms with van der Waals surface area (Å²) in [7, 11) is 0. The van der Waals surface area contributed by atoms with Gasteiger partial charge in [-0.2, -0.15) is 0 Å². The second-order valence-corrected chi connectivity index (χ2v) is 25.6. The minimum Gasteiger partial charge on any atom is -0.483 e. The predicted octanol–water partition coefficient (Wildman–Crippen LogP) is 2.66. The maximum atomic E-state index is 15.2. The number of aliphatic hydroxyl groups is 2. The van der Waals surface area contributed by atoms with Gasteiger partial charge in [-0.1, -0.05) is 127 Å². The first-order chi connectivity index (χ1) is 45.0. The number of aliphatic hydroxyl groups excluding tert-OH is 2. The number of ether oxygens (including phenoxy) is 1. The fraction of sp³-hybridized carbons (Fsp3) is 0.443. The molecule has 0 spiro atoms. The second kappa shape index (κ2) is 29.7. The lowest BCUT2D eigenvalue weighted by Crippen LogP contribution is -2.53. The molecule has 8 amide bonds. The zero-order chi connectivity index (χ0) is 65.3. The molecular formula is C70H82N10O13. The first kappa shape index (κ1) is 65.5. The number of aliphatic carboxylic acids is 1. The van der Waals surface area contributed by atoms with E-state index in [0.717, 1.165) is 35.1 Å². The van der Waals surface area contributed by atoms with Gasteiger partial charge in [0.25, 0.3) is 11.8 Å². The van der Waals surface area contributed by atoms with Crippen molar-refractivity contribution in [2.75, 3.05) is 52.5 Å². The Bertz CT molecular complexity index is 3360. The lowest BCUT2D eigenvalue weighted by Gasteiger charge is -2.25. The number of nitrogens with two attached hydrogens (primary N) is 1. The number of carbonyl (C=O) groups is 9. The van der Waals surface area contributed by atoms with Crippen LogP contribution < -0.4 is 47.7 Å². The van der Waals surface area contributed by atoms with Crippen molar-refractivity contribution in [1.82, 2.24) is 47.0 Å². The van der Waals surface area contributed by atoms with Gasteiger partial charge < -0.3 is 67.9 Å². The van der Waals surface area contributed by atoms with E-state index in [4.69, 9.17) is 10.5 Å². The summed E-state index contributed by atoms with van der Waals surface area (Å²) in [4.78, 5) is 128. The van der Waals surface area contributed by atoms with Crippen molar-refractivity contribution in [3.63, 3.8) is 0 Å². The summed E-state index contributed by atoms with van der Waals surface area (Å²) in [6.45, 7) is -2.08. The molecule has 2 saturated heterocycles. The lowest BCUT2D eigenvalue weighted by atomic mass is 9.94. The van der Waals surface area contributed by atoms with Gasteiger partial charge in [0.2, 0.25) is 35.4 Å². The summed E-state index contributed by atoms with van der Waals surface area (Å²) in [5, 5.41) is 51.8. The van der Waals surface area contributed by atoms with Gasteiger partial charge >= 0.3 is 5.97 Å². The van der Waals surface area contributed by atoms with E-state index in [2.05, 4.69) is 37.2 Å².